The molecule has 5 nitrogen and oxygen atoms in total. The van der Waals surface area contributed by atoms with Crippen molar-refractivity contribution in [2.24, 2.45) is 11.7 Å². The van der Waals surface area contributed by atoms with Crippen molar-refractivity contribution in [1.29, 1.82) is 0 Å². The molecule has 2 atom stereocenters. The fourth-order valence-corrected chi connectivity index (χ4v) is 1.75. The number of nitrogens with two attached hydrogens (primary N) is 1. The normalized spacial score (nSPS) is 21.7. The van der Waals surface area contributed by atoms with Crippen molar-refractivity contribution >= 4 is 11.9 Å². The van der Waals surface area contributed by atoms with Crippen LogP contribution in [0.15, 0.2) is 0 Å². The van der Waals surface area contributed by atoms with Gasteiger partial charge in [0.05, 0.1) is 6.04 Å². The minimum absolute atomic E-state index is 0.0610. The number of hydrogen-bond donors (Lipinski definition) is 3. The van der Waals surface area contributed by atoms with Gasteiger partial charge in [-0.2, -0.15) is 0 Å². The predicted octanol–water partition coefficient (Wildman–Crippen LogP) is 0.483. The topological polar surface area (TPSA) is 92.4 Å². The van der Waals surface area contributed by atoms with E-state index >= 15 is 0 Å². The summed E-state index contributed by atoms with van der Waals surface area (Å²) < 4.78 is 0. The van der Waals surface area contributed by atoms with Gasteiger partial charge in [-0.05, 0) is 25.2 Å². The molecule has 1 aliphatic carbocycles. The molecule has 0 bridgehead atoms. The van der Waals surface area contributed by atoms with E-state index in [9.17, 15) is 9.59 Å². The second-order valence-corrected chi connectivity index (χ2v) is 4.64. The fourth-order valence-electron chi connectivity index (χ4n) is 1.75. The lowest BCUT2D eigenvalue weighted by atomic mass is 9.76. The monoisotopic (exact) mass is 228 g/mol. The quantitative estimate of drug-likeness (QED) is 0.638. The number of rotatable bonds is 5. The van der Waals surface area contributed by atoms with Crippen LogP contribution in [0.3, 0.4) is 0 Å². The van der Waals surface area contributed by atoms with Gasteiger partial charge in [0, 0.05) is 0 Å². The summed E-state index contributed by atoms with van der Waals surface area (Å²) >= 11 is 0. The second kappa shape index (κ2) is 4.82. The average molecular weight is 228 g/mol. The summed E-state index contributed by atoms with van der Waals surface area (Å²) in [5, 5.41) is 11.6. The number of carboxylic acid groups (broad SMARTS) is 1. The Labute approximate surface area is 95.4 Å². The highest BCUT2D eigenvalue weighted by atomic mass is 16.4. The molecule has 4 N–H and O–H groups in total. The van der Waals surface area contributed by atoms with Crippen LogP contribution in [0.25, 0.3) is 0 Å². The number of nitrogens with one attached hydrogen (secondary N) is 1. The lowest BCUT2D eigenvalue weighted by Gasteiger charge is -2.39. The van der Waals surface area contributed by atoms with Gasteiger partial charge in [0.2, 0.25) is 5.91 Å². The van der Waals surface area contributed by atoms with Crippen LogP contribution in [0.4, 0.5) is 0 Å². The highest BCUT2D eigenvalue weighted by molar-refractivity contribution is 5.90. The summed E-state index contributed by atoms with van der Waals surface area (Å²) in [6, 6.07) is -0.623. The van der Waals surface area contributed by atoms with E-state index in [0.29, 0.717) is 12.8 Å². The second-order valence-electron chi connectivity index (χ2n) is 4.64. The molecule has 1 aliphatic rings. The fraction of sp³-hybridized carbons (Fsp3) is 0.818. The number of carbonyl (C=O) groups excluding carboxylic acids is 1. The smallest absolute Gasteiger partial charge is 0.329 e. The molecule has 0 aromatic rings. The third-order valence-corrected chi connectivity index (χ3v) is 3.54. The first-order valence-electron chi connectivity index (χ1n) is 5.74. The van der Waals surface area contributed by atoms with E-state index < -0.39 is 17.6 Å². The molecule has 0 saturated heterocycles. The van der Waals surface area contributed by atoms with Gasteiger partial charge >= 0.3 is 5.97 Å². The number of carbonyl (C=O) groups is 2. The van der Waals surface area contributed by atoms with Gasteiger partial charge in [0.25, 0.3) is 0 Å². The Bertz CT molecular complexity index is 287. The van der Waals surface area contributed by atoms with Crippen LogP contribution in [-0.2, 0) is 9.59 Å². The summed E-state index contributed by atoms with van der Waals surface area (Å²) in [7, 11) is 0. The maximum Gasteiger partial charge on any atom is 0.329 e. The molecule has 0 aromatic heterocycles. The van der Waals surface area contributed by atoms with E-state index in [1.165, 1.54) is 0 Å². The van der Waals surface area contributed by atoms with Crippen molar-refractivity contribution in [3.63, 3.8) is 0 Å². The molecule has 1 fully saturated rings. The Morgan fingerprint density at radius 1 is 1.50 bits per heavy atom. The van der Waals surface area contributed by atoms with E-state index in [1.807, 2.05) is 13.8 Å². The minimum Gasteiger partial charge on any atom is -0.480 e. The Balaban J connectivity index is 2.59. The molecule has 0 aromatic carbocycles. The van der Waals surface area contributed by atoms with Crippen molar-refractivity contribution in [3.05, 3.63) is 0 Å². The lowest BCUT2D eigenvalue weighted by molar-refractivity contribution is -0.152. The minimum atomic E-state index is -1.05. The van der Waals surface area contributed by atoms with Gasteiger partial charge in [0.15, 0.2) is 0 Å². The molecule has 1 amide bonds. The maximum atomic E-state index is 11.8. The first-order chi connectivity index (χ1) is 7.43. The third kappa shape index (κ3) is 2.35. The highest BCUT2D eigenvalue weighted by Gasteiger charge is 2.46. The zero-order chi connectivity index (χ0) is 12.3. The summed E-state index contributed by atoms with van der Waals surface area (Å²) in [4.78, 5) is 22.8. The first kappa shape index (κ1) is 13.0. The van der Waals surface area contributed by atoms with Crippen molar-refractivity contribution < 1.29 is 14.7 Å². The Hall–Kier alpha value is -1.10. The molecule has 0 spiro atoms. The van der Waals surface area contributed by atoms with Crippen LogP contribution in [0, 0.1) is 5.92 Å². The molecule has 92 valence electrons. The van der Waals surface area contributed by atoms with Crippen LogP contribution in [0.1, 0.15) is 39.5 Å². The zero-order valence-electron chi connectivity index (χ0n) is 9.82. The number of aliphatic carboxylic acids is 1. The van der Waals surface area contributed by atoms with Crippen molar-refractivity contribution in [1.82, 2.24) is 5.32 Å². The SMILES string of the molecule is CCC(C)[C@H](N)C(=O)NC1(C(=O)O)CCC1. The van der Waals surface area contributed by atoms with Crippen LogP contribution in [0.2, 0.25) is 0 Å². The highest BCUT2D eigenvalue weighted by Crippen LogP contribution is 2.32. The van der Waals surface area contributed by atoms with E-state index in [2.05, 4.69) is 5.32 Å². The van der Waals surface area contributed by atoms with E-state index in [1.54, 1.807) is 0 Å². The molecule has 0 aliphatic heterocycles. The van der Waals surface area contributed by atoms with E-state index in [4.69, 9.17) is 10.8 Å². The summed E-state index contributed by atoms with van der Waals surface area (Å²) in [5.74, 6) is -1.24. The van der Waals surface area contributed by atoms with Crippen molar-refractivity contribution in [2.75, 3.05) is 0 Å². The molecule has 0 radical (unpaired) electrons. The molecule has 16 heavy (non-hydrogen) atoms. The molecule has 0 heterocycles. The Morgan fingerprint density at radius 2 is 2.06 bits per heavy atom. The Kier molecular flexibility index (Phi) is 3.91. The molecule has 1 unspecified atom stereocenters. The van der Waals surface area contributed by atoms with Gasteiger partial charge in [-0.1, -0.05) is 20.3 Å². The largest absolute Gasteiger partial charge is 0.480 e. The summed E-state index contributed by atoms with van der Waals surface area (Å²) in [6.45, 7) is 3.84. The van der Waals surface area contributed by atoms with Gasteiger partial charge in [-0.25, -0.2) is 4.79 Å². The number of amides is 1. The predicted molar refractivity (Wildman–Crippen MR) is 59.8 cm³/mol. The zero-order valence-corrected chi connectivity index (χ0v) is 9.82. The van der Waals surface area contributed by atoms with Gasteiger partial charge in [0.1, 0.15) is 5.54 Å². The third-order valence-electron chi connectivity index (χ3n) is 3.54. The molecule has 1 rings (SSSR count). The summed E-state index contributed by atoms with van der Waals surface area (Å²) in [6.07, 6.45) is 2.64. The Morgan fingerprint density at radius 3 is 2.38 bits per heavy atom. The van der Waals surface area contributed by atoms with Gasteiger partial charge in [-0.3, -0.25) is 4.79 Å². The van der Waals surface area contributed by atoms with Crippen LogP contribution >= 0.6 is 0 Å². The van der Waals surface area contributed by atoms with Crippen LogP contribution in [0.5, 0.6) is 0 Å². The lowest BCUT2D eigenvalue weighted by Crippen LogP contribution is -2.62. The van der Waals surface area contributed by atoms with Crippen molar-refractivity contribution in [2.45, 2.75) is 51.1 Å². The van der Waals surface area contributed by atoms with Gasteiger partial charge < -0.3 is 16.2 Å². The average Bonchev–Trinajstić information content (AvgIpc) is 2.20. The van der Waals surface area contributed by atoms with Crippen molar-refractivity contribution in [3.8, 4) is 0 Å². The van der Waals surface area contributed by atoms with Gasteiger partial charge in [-0.15, -0.1) is 0 Å². The standard InChI is InChI=1S/C11H20N2O3/c1-3-7(2)8(12)9(14)13-11(10(15)16)5-4-6-11/h7-8H,3-6,12H2,1-2H3,(H,13,14)(H,15,16)/t7?,8-/m0/s1. The first-order valence-corrected chi connectivity index (χ1v) is 5.74. The maximum absolute atomic E-state index is 11.8. The molecule has 5 heteroatoms. The number of hydrogen-bond acceptors (Lipinski definition) is 3. The van der Waals surface area contributed by atoms with Crippen LogP contribution < -0.4 is 11.1 Å². The summed E-state index contributed by atoms with van der Waals surface area (Å²) in [5.41, 5.74) is 4.70. The molecular formula is C11H20N2O3. The van der Waals surface area contributed by atoms with E-state index in [-0.39, 0.29) is 11.8 Å². The van der Waals surface area contributed by atoms with Crippen LogP contribution in [-0.4, -0.2) is 28.6 Å². The molecule has 1 saturated carbocycles. The molecular weight excluding hydrogens is 208 g/mol. The van der Waals surface area contributed by atoms with E-state index in [0.717, 1.165) is 12.8 Å². The number of carboxylic acids is 1.